The molecular formula is C16H16N6O2S. The van der Waals surface area contributed by atoms with E-state index in [1.165, 1.54) is 11.8 Å². The molecule has 8 nitrogen and oxygen atoms in total. The van der Waals surface area contributed by atoms with Crippen molar-refractivity contribution in [3.8, 4) is 0 Å². The summed E-state index contributed by atoms with van der Waals surface area (Å²) in [4.78, 5) is 28.1. The number of carbonyl (C=O) groups is 2. The Kier molecular flexibility index (Phi) is 4.94. The Morgan fingerprint density at radius 3 is 2.64 bits per heavy atom. The van der Waals surface area contributed by atoms with Gasteiger partial charge in [-0.05, 0) is 32.0 Å². The number of nitrogens with zero attached hydrogens (tertiary/aromatic N) is 4. The van der Waals surface area contributed by atoms with Gasteiger partial charge in [0.15, 0.2) is 5.16 Å². The van der Waals surface area contributed by atoms with Gasteiger partial charge in [-0.3, -0.25) is 24.8 Å². The molecule has 0 aliphatic heterocycles. The van der Waals surface area contributed by atoms with E-state index in [9.17, 15) is 9.59 Å². The summed E-state index contributed by atoms with van der Waals surface area (Å²) >= 11 is 1.22. The van der Waals surface area contributed by atoms with Crippen LogP contribution in [0.25, 0.3) is 5.78 Å². The third kappa shape index (κ3) is 3.94. The van der Waals surface area contributed by atoms with Crippen LogP contribution >= 0.6 is 11.8 Å². The lowest BCUT2D eigenvalue weighted by Crippen LogP contribution is -2.42. The number of hydrogen-bond donors (Lipinski definition) is 2. The summed E-state index contributed by atoms with van der Waals surface area (Å²) in [6.07, 6.45) is 0. The zero-order chi connectivity index (χ0) is 17.8. The zero-order valence-electron chi connectivity index (χ0n) is 13.7. The van der Waals surface area contributed by atoms with E-state index in [1.807, 2.05) is 26.0 Å². The minimum atomic E-state index is -0.373. The molecule has 128 valence electrons. The SMILES string of the molecule is Cc1cc(C)n2c(SCC(=O)NNC(=O)c3ccccc3)nnc2n1. The van der Waals surface area contributed by atoms with E-state index in [1.54, 1.807) is 28.7 Å². The lowest BCUT2D eigenvalue weighted by atomic mass is 10.2. The van der Waals surface area contributed by atoms with E-state index in [4.69, 9.17) is 0 Å². The quantitative estimate of drug-likeness (QED) is 0.540. The summed E-state index contributed by atoms with van der Waals surface area (Å²) in [5.41, 5.74) is 7.02. The van der Waals surface area contributed by atoms with Crippen molar-refractivity contribution < 1.29 is 9.59 Å². The molecule has 0 aliphatic carbocycles. The first-order valence-corrected chi connectivity index (χ1v) is 8.49. The van der Waals surface area contributed by atoms with Gasteiger partial charge in [0.25, 0.3) is 11.7 Å². The van der Waals surface area contributed by atoms with E-state index >= 15 is 0 Å². The van der Waals surface area contributed by atoms with Gasteiger partial charge in [-0.25, -0.2) is 4.98 Å². The van der Waals surface area contributed by atoms with Crippen LogP contribution in [0.15, 0.2) is 41.6 Å². The van der Waals surface area contributed by atoms with Crippen molar-refractivity contribution in [2.24, 2.45) is 0 Å². The van der Waals surface area contributed by atoms with Crippen LogP contribution in [0.1, 0.15) is 21.7 Å². The molecule has 2 N–H and O–H groups in total. The van der Waals surface area contributed by atoms with Crippen molar-refractivity contribution in [2.75, 3.05) is 5.75 Å². The molecule has 0 unspecified atom stereocenters. The maximum Gasteiger partial charge on any atom is 0.269 e. The van der Waals surface area contributed by atoms with Crippen LogP contribution in [-0.4, -0.2) is 37.1 Å². The van der Waals surface area contributed by atoms with E-state index in [0.29, 0.717) is 16.5 Å². The molecule has 3 rings (SSSR count). The smallest absolute Gasteiger partial charge is 0.269 e. The number of hydrogen-bond acceptors (Lipinski definition) is 6. The van der Waals surface area contributed by atoms with Crippen LogP contribution in [0.3, 0.4) is 0 Å². The topological polar surface area (TPSA) is 101 Å². The van der Waals surface area contributed by atoms with Crippen molar-refractivity contribution >= 4 is 29.4 Å². The number of thioether (sulfide) groups is 1. The Bertz CT molecular complexity index is 925. The van der Waals surface area contributed by atoms with Crippen LogP contribution < -0.4 is 10.9 Å². The molecule has 9 heteroatoms. The Hall–Kier alpha value is -2.94. The highest BCUT2D eigenvalue weighted by Crippen LogP contribution is 2.18. The van der Waals surface area contributed by atoms with Gasteiger partial charge < -0.3 is 0 Å². The molecule has 2 heterocycles. The second kappa shape index (κ2) is 7.31. The number of benzene rings is 1. The summed E-state index contributed by atoms with van der Waals surface area (Å²) in [6.45, 7) is 3.81. The van der Waals surface area contributed by atoms with Gasteiger partial charge in [-0.1, -0.05) is 30.0 Å². The third-order valence-electron chi connectivity index (χ3n) is 3.35. The summed E-state index contributed by atoms with van der Waals surface area (Å²) < 4.78 is 1.79. The molecule has 0 aliphatic rings. The summed E-state index contributed by atoms with van der Waals surface area (Å²) in [5, 5.41) is 8.64. The van der Waals surface area contributed by atoms with Gasteiger partial charge in [-0.2, -0.15) is 0 Å². The Morgan fingerprint density at radius 2 is 1.88 bits per heavy atom. The standard InChI is InChI=1S/C16H16N6O2S/c1-10-8-11(2)22-15(17-10)20-21-16(22)25-9-13(23)18-19-14(24)12-6-4-3-5-7-12/h3-8H,9H2,1-2H3,(H,18,23)(H,19,24). The van der Waals surface area contributed by atoms with Gasteiger partial charge in [0.2, 0.25) is 5.91 Å². The normalized spacial score (nSPS) is 10.6. The minimum Gasteiger partial charge on any atom is -0.272 e. The number of amides is 2. The monoisotopic (exact) mass is 356 g/mol. The molecule has 0 bridgehead atoms. The first kappa shape index (κ1) is 16.9. The maximum absolute atomic E-state index is 11.9. The van der Waals surface area contributed by atoms with Gasteiger partial charge in [0.1, 0.15) is 0 Å². The first-order chi connectivity index (χ1) is 12.0. The van der Waals surface area contributed by atoms with E-state index in [0.717, 1.165) is 11.4 Å². The molecule has 25 heavy (non-hydrogen) atoms. The molecule has 2 amide bonds. The molecule has 0 saturated carbocycles. The molecule has 0 radical (unpaired) electrons. The number of aryl methyl sites for hydroxylation is 2. The fraction of sp³-hybridized carbons (Fsp3) is 0.188. The van der Waals surface area contributed by atoms with Gasteiger partial charge >= 0.3 is 0 Å². The molecular weight excluding hydrogens is 340 g/mol. The van der Waals surface area contributed by atoms with Crippen molar-refractivity contribution in [3.05, 3.63) is 53.3 Å². The largest absolute Gasteiger partial charge is 0.272 e. The van der Waals surface area contributed by atoms with Crippen LogP contribution in [0.4, 0.5) is 0 Å². The van der Waals surface area contributed by atoms with Crippen LogP contribution in [0.5, 0.6) is 0 Å². The molecule has 3 aromatic rings. The second-order valence-corrected chi connectivity index (χ2v) is 6.26. The van der Waals surface area contributed by atoms with Crippen molar-refractivity contribution in [3.63, 3.8) is 0 Å². The van der Waals surface area contributed by atoms with Crippen molar-refractivity contribution in [2.45, 2.75) is 19.0 Å². The highest BCUT2D eigenvalue weighted by molar-refractivity contribution is 7.99. The fourth-order valence-electron chi connectivity index (χ4n) is 2.25. The van der Waals surface area contributed by atoms with Gasteiger partial charge in [0.05, 0.1) is 5.75 Å². The number of nitrogens with one attached hydrogen (secondary N) is 2. The van der Waals surface area contributed by atoms with Crippen LogP contribution in [0.2, 0.25) is 0 Å². The first-order valence-electron chi connectivity index (χ1n) is 7.51. The third-order valence-corrected chi connectivity index (χ3v) is 4.28. The fourth-order valence-corrected chi connectivity index (χ4v) is 3.03. The number of hydrazine groups is 1. The maximum atomic E-state index is 11.9. The molecule has 1 aromatic carbocycles. The summed E-state index contributed by atoms with van der Waals surface area (Å²) in [5.74, 6) is -0.132. The highest BCUT2D eigenvalue weighted by atomic mass is 32.2. The van der Waals surface area contributed by atoms with Crippen LogP contribution in [-0.2, 0) is 4.79 Å². The lowest BCUT2D eigenvalue weighted by molar-refractivity contribution is -0.119. The molecule has 0 atom stereocenters. The minimum absolute atomic E-state index is 0.0865. The Morgan fingerprint density at radius 1 is 1.12 bits per heavy atom. The zero-order valence-corrected chi connectivity index (χ0v) is 14.5. The van der Waals surface area contributed by atoms with Gasteiger partial charge in [-0.15, -0.1) is 10.2 Å². The van der Waals surface area contributed by atoms with E-state index in [-0.39, 0.29) is 17.6 Å². The molecule has 2 aromatic heterocycles. The molecule has 0 saturated heterocycles. The highest BCUT2D eigenvalue weighted by Gasteiger charge is 2.13. The summed E-state index contributed by atoms with van der Waals surface area (Å²) in [7, 11) is 0. The number of carbonyl (C=O) groups excluding carboxylic acids is 2. The van der Waals surface area contributed by atoms with Gasteiger partial charge in [0, 0.05) is 17.0 Å². The van der Waals surface area contributed by atoms with Crippen LogP contribution in [0, 0.1) is 13.8 Å². The average Bonchev–Trinajstić information content (AvgIpc) is 3.01. The number of aromatic nitrogens is 4. The molecule has 0 fully saturated rings. The van der Waals surface area contributed by atoms with E-state index < -0.39 is 0 Å². The number of rotatable bonds is 4. The predicted octanol–water partition coefficient (Wildman–Crippen LogP) is 1.29. The summed E-state index contributed by atoms with van der Waals surface area (Å²) in [6, 6.07) is 10.6. The Balaban J connectivity index is 1.57. The number of fused-ring (bicyclic) bond motifs is 1. The Labute approximate surface area is 148 Å². The molecule has 0 spiro atoms. The average molecular weight is 356 g/mol. The predicted molar refractivity (Wildman–Crippen MR) is 93.0 cm³/mol. The van der Waals surface area contributed by atoms with E-state index in [2.05, 4.69) is 26.0 Å². The van der Waals surface area contributed by atoms with Crippen molar-refractivity contribution in [1.82, 2.24) is 30.4 Å². The van der Waals surface area contributed by atoms with Crippen molar-refractivity contribution in [1.29, 1.82) is 0 Å². The lowest BCUT2D eigenvalue weighted by Gasteiger charge is -2.07. The second-order valence-electron chi connectivity index (χ2n) is 5.31.